The van der Waals surface area contributed by atoms with E-state index in [9.17, 15) is 4.39 Å². The Morgan fingerprint density at radius 1 is 1.21 bits per heavy atom. The molecule has 2 rings (SSSR count). The second-order valence-corrected chi connectivity index (χ2v) is 5.34. The van der Waals surface area contributed by atoms with Crippen LogP contribution in [0.4, 0.5) is 15.8 Å². The smallest absolute Gasteiger partial charge is 0.125 e. The standard InChI is InChI=1S/C14H23FN4/c1-17(2)5-6-18-7-9-19(10-8-18)14-11-12(15)3-4-13(14)16/h3-4,11H,5-10,16H2,1-2H3. The first-order chi connectivity index (χ1) is 9.06. The summed E-state index contributed by atoms with van der Waals surface area (Å²) in [7, 11) is 4.17. The molecule has 1 aliphatic heterocycles. The summed E-state index contributed by atoms with van der Waals surface area (Å²) in [6.07, 6.45) is 0. The fourth-order valence-electron chi connectivity index (χ4n) is 2.34. The van der Waals surface area contributed by atoms with Crippen molar-refractivity contribution in [2.24, 2.45) is 0 Å². The Labute approximate surface area is 114 Å². The van der Waals surface area contributed by atoms with E-state index in [1.807, 2.05) is 0 Å². The molecule has 2 N–H and O–H groups in total. The van der Waals surface area contributed by atoms with Crippen LogP contribution in [-0.4, -0.2) is 63.2 Å². The molecule has 1 aromatic carbocycles. The Bertz CT molecular complexity index is 414. The van der Waals surface area contributed by atoms with Gasteiger partial charge in [-0.3, -0.25) is 4.90 Å². The Hall–Kier alpha value is -1.33. The van der Waals surface area contributed by atoms with E-state index in [1.165, 1.54) is 12.1 Å². The predicted octanol–water partition coefficient (Wildman–Crippen LogP) is 1.09. The predicted molar refractivity (Wildman–Crippen MR) is 78.0 cm³/mol. The Balaban J connectivity index is 1.90. The fraction of sp³-hybridized carbons (Fsp3) is 0.571. The average molecular weight is 266 g/mol. The summed E-state index contributed by atoms with van der Waals surface area (Å²) >= 11 is 0. The molecule has 0 amide bonds. The highest BCUT2D eigenvalue weighted by molar-refractivity contribution is 5.67. The van der Waals surface area contributed by atoms with E-state index in [0.29, 0.717) is 5.69 Å². The molecule has 0 radical (unpaired) electrons. The second-order valence-electron chi connectivity index (χ2n) is 5.34. The summed E-state index contributed by atoms with van der Waals surface area (Å²) in [5, 5.41) is 0. The molecule has 0 aromatic heterocycles. The van der Waals surface area contributed by atoms with Crippen molar-refractivity contribution in [3.8, 4) is 0 Å². The molecular formula is C14H23FN4. The van der Waals surface area contributed by atoms with Crippen LogP contribution in [0.5, 0.6) is 0 Å². The van der Waals surface area contributed by atoms with Gasteiger partial charge in [0.05, 0.1) is 11.4 Å². The highest BCUT2D eigenvalue weighted by atomic mass is 19.1. The van der Waals surface area contributed by atoms with E-state index in [4.69, 9.17) is 5.73 Å². The zero-order valence-corrected chi connectivity index (χ0v) is 11.8. The van der Waals surface area contributed by atoms with Crippen LogP contribution in [0.3, 0.4) is 0 Å². The van der Waals surface area contributed by atoms with Crippen molar-refractivity contribution in [1.82, 2.24) is 9.80 Å². The largest absolute Gasteiger partial charge is 0.397 e. The molecule has 1 heterocycles. The van der Waals surface area contributed by atoms with Gasteiger partial charge in [-0.2, -0.15) is 0 Å². The van der Waals surface area contributed by atoms with E-state index in [2.05, 4.69) is 28.8 Å². The van der Waals surface area contributed by atoms with Crippen molar-refractivity contribution < 1.29 is 4.39 Å². The lowest BCUT2D eigenvalue weighted by atomic mass is 10.2. The monoisotopic (exact) mass is 266 g/mol. The number of hydrogen-bond donors (Lipinski definition) is 1. The van der Waals surface area contributed by atoms with Gasteiger partial charge in [0.15, 0.2) is 0 Å². The Morgan fingerprint density at radius 3 is 2.53 bits per heavy atom. The van der Waals surface area contributed by atoms with Crippen LogP contribution in [0.15, 0.2) is 18.2 Å². The van der Waals surface area contributed by atoms with Gasteiger partial charge in [0, 0.05) is 39.3 Å². The van der Waals surface area contributed by atoms with Crippen molar-refractivity contribution in [2.75, 3.05) is 64.0 Å². The number of nitrogens with zero attached hydrogens (tertiary/aromatic N) is 3. The first-order valence-corrected chi connectivity index (χ1v) is 6.73. The lowest BCUT2D eigenvalue weighted by Gasteiger charge is -2.37. The molecule has 106 valence electrons. The summed E-state index contributed by atoms with van der Waals surface area (Å²) in [6.45, 7) is 5.97. The van der Waals surface area contributed by atoms with Gasteiger partial charge in [0.25, 0.3) is 0 Å². The normalized spacial score (nSPS) is 17.2. The van der Waals surface area contributed by atoms with Crippen LogP contribution in [0.2, 0.25) is 0 Å². The van der Waals surface area contributed by atoms with E-state index < -0.39 is 0 Å². The van der Waals surface area contributed by atoms with E-state index in [1.54, 1.807) is 6.07 Å². The number of piperazine rings is 1. The Morgan fingerprint density at radius 2 is 1.89 bits per heavy atom. The summed E-state index contributed by atoms with van der Waals surface area (Å²) in [4.78, 5) is 6.80. The van der Waals surface area contributed by atoms with Gasteiger partial charge in [-0.1, -0.05) is 0 Å². The van der Waals surface area contributed by atoms with Gasteiger partial charge in [-0.15, -0.1) is 0 Å². The van der Waals surface area contributed by atoms with Crippen molar-refractivity contribution in [3.05, 3.63) is 24.0 Å². The minimum absolute atomic E-state index is 0.223. The van der Waals surface area contributed by atoms with Gasteiger partial charge in [-0.05, 0) is 32.3 Å². The molecule has 19 heavy (non-hydrogen) atoms. The molecule has 1 aliphatic rings. The first-order valence-electron chi connectivity index (χ1n) is 6.73. The zero-order chi connectivity index (χ0) is 13.8. The summed E-state index contributed by atoms with van der Waals surface area (Å²) in [5.74, 6) is -0.223. The molecule has 1 saturated heterocycles. The highest BCUT2D eigenvalue weighted by Crippen LogP contribution is 2.25. The molecule has 1 fully saturated rings. The topological polar surface area (TPSA) is 35.7 Å². The third-order valence-electron chi connectivity index (χ3n) is 3.57. The van der Waals surface area contributed by atoms with Crippen LogP contribution in [0, 0.1) is 5.82 Å². The van der Waals surface area contributed by atoms with Crippen LogP contribution >= 0.6 is 0 Å². The minimum Gasteiger partial charge on any atom is -0.397 e. The van der Waals surface area contributed by atoms with Crippen LogP contribution in [0.25, 0.3) is 0 Å². The lowest BCUT2D eigenvalue weighted by molar-refractivity contribution is 0.229. The summed E-state index contributed by atoms with van der Waals surface area (Å²) in [5.41, 5.74) is 7.41. The van der Waals surface area contributed by atoms with Crippen molar-refractivity contribution >= 4 is 11.4 Å². The summed E-state index contributed by atoms with van der Waals surface area (Å²) in [6, 6.07) is 4.58. The van der Waals surface area contributed by atoms with Crippen LogP contribution in [0.1, 0.15) is 0 Å². The number of anilines is 2. The average Bonchev–Trinajstić information content (AvgIpc) is 2.40. The fourth-order valence-corrected chi connectivity index (χ4v) is 2.34. The number of hydrogen-bond acceptors (Lipinski definition) is 4. The molecule has 0 bridgehead atoms. The first kappa shape index (κ1) is 14.1. The van der Waals surface area contributed by atoms with E-state index in [0.717, 1.165) is 45.0 Å². The second kappa shape index (κ2) is 6.21. The maximum Gasteiger partial charge on any atom is 0.125 e. The molecular weight excluding hydrogens is 243 g/mol. The van der Waals surface area contributed by atoms with E-state index in [-0.39, 0.29) is 5.82 Å². The highest BCUT2D eigenvalue weighted by Gasteiger charge is 2.18. The molecule has 0 aliphatic carbocycles. The lowest BCUT2D eigenvalue weighted by Crippen LogP contribution is -2.48. The zero-order valence-electron chi connectivity index (χ0n) is 11.8. The third kappa shape index (κ3) is 3.81. The SMILES string of the molecule is CN(C)CCN1CCN(c2cc(F)ccc2N)CC1. The number of nitrogen functional groups attached to an aromatic ring is 1. The van der Waals surface area contributed by atoms with Gasteiger partial charge in [0.1, 0.15) is 5.82 Å². The number of benzene rings is 1. The van der Waals surface area contributed by atoms with Crippen molar-refractivity contribution in [3.63, 3.8) is 0 Å². The molecule has 0 atom stereocenters. The van der Waals surface area contributed by atoms with Crippen molar-refractivity contribution in [2.45, 2.75) is 0 Å². The molecule has 4 nitrogen and oxygen atoms in total. The van der Waals surface area contributed by atoms with Crippen LogP contribution in [-0.2, 0) is 0 Å². The van der Waals surface area contributed by atoms with Crippen molar-refractivity contribution in [1.29, 1.82) is 0 Å². The molecule has 0 saturated carbocycles. The maximum atomic E-state index is 13.3. The summed E-state index contributed by atoms with van der Waals surface area (Å²) < 4.78 is 13.3. The number of rotatable bonds is 4. The molecule has 5 heteroatoms. The van der Waals surface area contributed by atoms with Gasteiger partial charge in [0.2, 0.25) is 0 Å². The third-order valence-corrected chi connectivity index (χ3v) is 3.57. The molecule has 1 aromatic rings. The number of likely N-dealkylation sites (N-methyl/N-ethyl adjacent to an activating group) is 1. The molecule has 0 spiro atoms. The van der Waals surface area contributed by atoms with Gasteiger partial charge < -0.3 is 15.5 Å². The molecule has 0 unspecified atom stereocenters. The van der Waals surface area contributed by atoms with Gasteiger partial charge in [-0.25, -0.2) is 4.39 Å². The van der Waals surface area contributed by atoms with E-state index >= 15 is 0 Å². The van der Waals surface area contributed by atoms with Gasteiger partial charge >= 0.3 is 0 Å². The van der Waals surface area contributed by atoms with Crippen LogP contribution < -0.4 is 10.6 Å². The Kier molecular flexibility index (Phi) is 4.61. The maximum absolute atomic E-state index is 13.3. The quantitative estimate of drug-likeness (QED) is 0.828. The number of halogens is 1. The number of nitrogens with two attached hydrogens (primary N) is 1. The minimum atomic E-state index is -0.223.